The Kier molecular flexibility index (Phi) is 3.79. The summed E-state index contributed by atoms with van der Waals surface area (Å²) in [5.74, 6) is 0. The number of nitrogens with two attached hydrogens (primary N) is 1. The lowest BCUT2D eigenvalue weighted by molar-refractivity contribution is 0.676. The van der Waals surface area contributed by atoms with E-state index in [1.807, 2.05) is 19.1 Å². The predicted molar refractivity (Wildman–Crippen MR) is 57.4 cm³/mol. The molecule has 1 aromatic heterocycles. The zero-order valence-corrected chi connectivity index (χ0v) is 8.34. The van der Waals surface area contributed by atoms with Crippen LogP contribution in [0.2, 0.25) is 0 Å². The summed E-state index contributed by atoms with van der Waals surface area (Å²) in [6.45, 7) is 2.85. The van der Waals surface area contributed by atoms with Crippen LogP contribution in [0.3, 0.4) is 0 Å². The Hall–Kier alpha value is -1.00. The van der Waals surface area contributed by atoms with Crippen molar-refractivity contribution in [1.29, 1.82) is 0 Å². The van der Waals surface area contributed by atoms with Gasteiger partial charge < -0.3 is 11.1 Å². The third-order valence-electron chi connectivity index (χ3n) is 1.71. The van der Waals surface area contributed by atoms with Crippen molar-refractivity contribution in [2.45, 2.75) is 13.0 Å². The van der Waals surface area contributed by atoms with Gasteiger partial charge in [0.05, 0.1) is 11.0 Å². The van der Waals surface area contributed by atoms with Gasteiger partial charge in [0.2, 0.25) is 0 Å². The highest BCUT2D eigenvalue weighted by molar-refractivity contribution is 7.80. The molecule has 3 nitrogen and oxygen atoms in total. The molecule has 0 spiro atoms. The smallest absolute Gasteiger partial charge is 0.0946 e. The minimum atomic E-state index is -0.0614. The van der Waals surface area contributed by atoms with Crippen LogP contribution in [-0.4, -0.2) is 16.5 Å². The lowest BCUT2D eigenvalue weighted by atomic mass is 10.1. The fraction of sp³-hybridized carbons (Fsp3) is 0.333. The fourth-order valence-corrected chi connectivity index (χ4v) is 1.35. The molecule has 0 radical (unpaired) electrons. The van der Waals surface area contributed by atoms with Gasteiger partial charge in [-0.2, -0.15) is 0 Å². The Balaban J connectivity index is 2.82. The second kappa shape index (κ2) is 4.89. The molecule has 1 aromatic rings. The summed E-state index contributed by atoms with van der Waals surface area (Å²) in [6, 6.07) is 3.77. The van der Waals surface area contributed by atoms with Crippen molar-refractivity contribution in [2.75, 3.05) is 6.54 Å². The van der Waals surface area contributed by atoms with Crippen molar-refractivity contribution in [3.8, 4) is 0 Å². The van der Waals surface area contributed by atoms with Crippen molar-refractivity contribution in [3.63, 3.8) is 0 Å². The summed E-state index contributed by atoms with van der Waals surface area (Å²) in [5.41, 5.74) is 6.61. The van der Waals surface area contributed by atoms with E-state index in [0.717, 1.165) is 12.1 Å². The first-order valence-electron chi connectivity index (χ1n) is 4.18. The van der Waals surface area contributed by atoms with Gasteiger partial charge in [-0.05, 0) is 18.2 Å². The van der Waals surface area contributed by atoms with Crippen LogP contribution in [0.4, 0.5) is 0 Å². The molecule has 0 aliphatic heterocycles. The molecule has 13 heavy (non-hydrogen) atoms. The standard InChI is InChI=1S/C9H13N3S/c1-2-12-8(9(10)13)7-4-3-5-11-6-7/h3-6,8,12H,2H2,1H3,(H2,10,13). The molecule has 70 valence electrons. The Morgan fingerprint density at radius 2 is 2.54 bits per heavy atom. The number of rotatable bonds is 4. The van der Waals surface area contributed by atoms with Gasteiger partial charge in [0.1, 0.15) is 0 Å². The molecule has 1 heterocycles. The van der Waals surface area contributed by atoms with E-state index < -0.39 is 0 Å². The number of thiocarbonyl (C=S) groups is 1. The Bertz CT molecular complexity index is 273. The summed E-state index contributed by atoms with van der Waals surface area (Å²) in [7, 11) is 0. The second-order valence-corrected chi connectivity index (χ2v) is 3.15. The minimum absolute atomic E-state index is 0.0614. The topological polar surface area (TPSA) is 50.9 Å². The van der Waals surface area contributed by atoms with E-state index in [0.29, 0.717) is 4.99 Å². The summed E-state index contributed by atoms with van der Waals surface area (Å²) >= 11 is 4.95. The molecule has 3 N–H and O–H groups in total. The number of hydrogen-bond donors (Lipinski definition) is 2. The van der Waals surface area contributed by atoms with E-state index >= 15 is 0 Å². The van der Waals surface area contributed by atoms with Crippen LogP contribution in [0.1, 0.15) is 18.5 Å². The number of hydrogen-bond acceptors (Lipinski definition) is 3. The quantitative estimate of drug-likeness (QED) is 0.704. The lowest BCUT2D eigenvalue weighted by Gasteiger charge is -2.15. The maximum atomic E-state index is 5.60. The molecule has 1 unspecified atom stereocenters. The van der Waals surface area contributed by atoms with E-state index in [1.165, 1.54) is 0 Å². The van der Waals surface area contributed by atoms with Crippen LogP contribution in [0, 0.1) is 0 Å². The van der Waals surface area contributed by atoms with Gasteiger partial charge in [0, 0.05) is 12.4 Å². The van der Waals surface area contributed by atoms with Gasteiger partial charge in [-0.25, -0.2) is 0 Å². The van der Waals surface area contributed by atoms with Gasteiger partial charge in [-0.15, -0.1) is 0 Å². The van der Waals surface area contributed by atoms with Crippen molar-refractivity contribution in [2.24, 2.45) is 5.73 Å². The van der Waals surface area contributed by atoms with Gasteiger partial charge in [0.15, 0.2) is 0 Å². The van der Waals surface area contributed by atoms with Gasteiger partial charge in [-0.1, -0.05) is 25.2 Å². The number of aromatic nitrogens is 1. The van der Waals surface area contributed by atoms with Gasteiger partial charge in [-0.3, -0.25) is 4.98 Å². The molecule has 0 aromatic carbocycles. The summed E-state index contributed by atoms with van der Waals surface area (Å²) < 4.78 is 0. The first-order valence-corrected chi connectivity index (χ1v) is 4.59. The molecule has 0 fully saturated rings. The highest BCUT2D eigenvalue weighted by atomic mass is 32.1. The highest BCUT2D eigenvalue weighted by Gasteiger charge is 2.12. The average Bonchev–Trinajstić information content (AvgIpc) is 2.15. The number of nitrogens with one attached hydrogen (secondary N) is 1. The Labute approximate surface area is 83.4 Å². The maximum absolute atomic E-state index is 5.60. The monoisotopic (exact) mass is 195 g/mol. The SMILES string of the molecule is CCNC(C(N)=S)c1cccnc1. The maximum Gasteiger partial charge on any atom is 0.0946 e. The van der Waals surface area contributed by atoms with E-state index in [4.69, 9.17) is 18.0 Å². The van der Waals surface area contributed by atoms with Gasteiger partial charge in [0.25, 0.3) is 0 Å². The van der Waals surface area contributed by atoms with E-state index in [9.17, 15) is 0 Å². The molecule has 0 saturated heterocycles. The van der Waals surface area contributed by atoms with E-state index in [2.05, 4.69) is 10.3 Å². The first kappa shape index (κ1) is 10.1. The third kappa shape index (κ3) is 2.75. The summed E-state index contributed by atoms with van der Waals surface area (Å²) in [5, 5.41) is 3.19. The van der Waals surface area contributed by atoms with E-state index in [1.54, 1.807) is 12.4 Å². The van der Waals surface area contributed by atoms with E-state index in [-0.39, 0.29) is 6.04 Å². The summed E-state index contributed by atoms with van der Waals surface area (Å²) in [4.78, 5) is 4.47. The molecule has 0 aliphatic rings. The average molecular weight is 195 g/mol. The number of likely N-dealkylation sites (N-methyl/N-ethyl adjacent to an activating group) is 1. The number of pyridine rings is 1. The Morgan fingerprint density at radius 1 is 1.77 bits per heavy atom. The van der Waals surface area contributed by atoms with Crippen LogP contribution < -0.4 is 11.1 Å². The Morgan fingerprint density at radius 3 is 3.00 bits per heavy atom. The zero-order chi connectivity index (χ0) is 9.68. The van der Waals surface area contributed by atoms with Crippen LogP contribution in [0.5, 0.6) is 0 Å². The molecule has 0 aliphatic carbocycles. The molecule has 4 heteroatoms. The predicted octanol–water partition coefficient (Wildman–Crippen LogP) is 1.02. The molecule has 0 saturated carbocycles. The van der Waals surface area contributed by atoms with Crippen molar-refractivity contribution in [3.05, 3.63) is 30.1 Å². The van der Waals surface area contributed by atoms with Crippen molar-refractivity contribution in [1.82, 2.24) is 10.3 Å². The second-order valence-electron chi connectivity index (χ2n) is 2.68. The largest absolute Gasteiger partial charge is 0.392 e. The van der Waals surface area contributed by atoms with Crippen LogP contribution in [0.25, 0.3) is 0 Å². The van der Waals surface area contributed by atoms with Crippen LogP contribution >= 0.6 is 12.2 Å². The molecular weight excluding hydrogens is 182 g/mol. The van der Waals surface area contributed by atoms with Crippen molar-refractivity contribution < 1.29 is 0 Å². The molecule has 0 amide bonds. The van der Waals surface area contributed by atoms with Crippen molar-refractivity contribution >= 4 is 17.2 Å². The van der Waals surface area contributed by atoms with Crippen LogP contribution in [-0.2, 0) is 0 Å². The molecule has 1 rings (SSSR count). The summed E-state index contributed by atoms with van der Waals surface area (Å²) in [6.07, 6.45) is 3.50. The fourth-order valence-electron chi connectivity index (χ4n) is 1.13. The molecular formula is C9H13N3S. The minimum Gasteiger partial charge on any atom is -0.392 e. The normalized spacial score (nSPS) is 12.4. The zero-order valence-electron chi connectivity index (χ0n) is 7.53. The molecule has 1 atom stereocenters. The van der Waals surface area contributed by atoms with Crippen LogP contribution in [0.15, 0.2) is 24.5 Å². The number of nitrogens with zero attached hydrogens (tertiary/aromatic N) is 1. The highest BCUT2D eigenvalue weighted by Crippen LogP contribution is 2.10. The lowest BCUT2D eigenvalue weighted by Crippen LogP contribution is -2.32. The molecule has 0 bridgehead atoms. The first-order chi connectivity index (χ1) is 6.25. The van der Waals surface area contributed by atoms with Gasteiger partial charge >= 0.3 is 0 Å². The third-order valence-corrected chi connectivity index (χ3v) is 1.95.